The van der Waals surface area contributed by atoms with Crippen LogP contribution in [0.2, 0.25) is 5.02 Å². The smallest absolute Gasteiger partial charge is 0.279 e. The van der Waals surface area contributed by atoms with Crippen molar-refractivity contribution in [3.8, 4) is 11.5 Å². The Morgan fingerprint density at radius 1 is 1.16 bits per heavy atom. The Kier molecular flexibility index (Phi) is 6.67. The molecule has 1 amide bonds. The molecule has 2 rings (SSSR count). The van der Waals surface area contributed by atoms with Gasteiger partial charge in [0.2, 0.25) is 0 Å². The van der Waals surface area contributed by atoms with Gasteiger partial charge in [-0.3, -0.25) is 4.79 Å². The van der Waals surface area contributed by atoms with Gasteiger partial charge in [0.15, 0.2) is 6.54 Å². The summed E-state index contributed by atoms with van der Waals surface area (Å²) in [6.45, 7) is 2.93. The van der Waals surface area contributed by atoms with E-state index in [1.807, 2.05) is 50.4 Å². The average molecular weight is 364 g/mol. The molecule has 1 atom stereocenters. The number of likely N-dealkylation sites (N-methyl/N-ethyl adjacent to an activating group) is 1. The highest BCUT2D eigenvalue weighted by Crippen LogP contribution is 2.24. The van der Waals surface area contributed by atoms with E-state index in [9.17, 15) is 4.79 Å². The van der Waals surface area contributed by atoms with E-state index in [0.717, 1.165) is 27.5 Å². The van der Waals surface area contributed by atoms with Crippen LogP contribution in [0, 0.1) is 6.92 Å². The molecular weight excluding hydrogens is 340 g/mol. The second kappa shape index (κ2) is 8.74. The molecule has 0 saturated carbocycles. The van der Waals surface area contributed by atoms with Crippen LogP contribution in [0.5, 0.6) is 11.5 Å². The van der Waals surface area contributed by atoms with Crippen LogP contribution >= 0.6 is 11.6 Å². The molecule has 0 radical (unpaired) electrons. The quantitative estimate of drug-likeness (QED) is 0.793. The van der Waals surface area contributed by atoms with Crippen molar-refractivity contribution in [3.05, 3.63) is 52.5 Å². The van der Waals surface area contributed by atoms with Gasteiger partial charge < -0.3 is 19.7 Å². The minimum Gasteiger partial charge on any atom is -0.497 e. The van der Waals surface area contributed by atoms with E-state index in [2.05, 4.69) is 5.32 Å². The molecule has 0 saturated heterocycles. The van der Waals surface area contributed by atoms with Crippen molar-refractivity contribution in [2.45, 2.75) is 13.5 Å². The third kappa shape index (κ3) is 5.37. The van der Waals surface area contributed by atoms with Crippen LogP contribution in [0.1, 0.15) is 11.1 Å². The van der Waals surface area contributed by atoms with Gasteiger partial charge in [-0.1, -0.05) is 17.7 Å². The standard InChI is InChI=1S/C19H23ClN2O3/c1-13-5-8-17(16(20)9-13)21-19(23)12-22(2)11-14-6-7-15(24-3)10-18(14)25-4/h5-10H,11-12H2,1-4H3,(H,21,23)/p+1. The number of rotatable bonds is 7. The number of quaternary nitrogens is 1. The lowest BCUT2D eigenvalue weighted by Crippen LogP contribution is -3.08. The van der Waals surface area contributed by atoms with Gasteiger partial charge >= 0.3 is 0 Å². The van der Waals surface area contributed by atoms with Gasteiger partial charge in [0.25, 0.3) is 5.91 Å². The third-order valence-electron chi connectivity index (χ3n) is 3.85. The highest BCUT2D eigenvalue weighted by molar-refractivity contribution is 6.33. The number of anilines is 1. The van der Waals surface area contributed by atoms with Gasteiger partial charge in [0.1, 0.15) is 18.0 Å². The van der Waals surface area contributed by atoms with E-state index < -0.39 is 0 Å². The highest BCUT2D eigenvalue weighted by atomic mass is 35.5. The fraction of sp³-hybridized carbons (Fsp3) is 0.316. The van der Waals surface area contributed by atoms with Crippen LogP contribution in [0.3, 0.4) is 0 Å². The number of carbonyl (C=O) groups is 1. The third-order valence-corrected chi connectivity index (χ3v) is 4.16. The van der Waals surface area contributed by atoms with Crippen LogP contribution in [0.25, 0.3) is 0 Å². The van der Waals surface area contributed by atoms with Gasteiger partial charge in [-0.25, -0.2) is 0 Å². The van der Waals surface area contributed by atoms with Gasteiger partial charge in [-0.15, -0.1) is 0 Å². The van der Waals surface area contributed by atoms with Crippen molar-refractivity contribution in [2.24, 2.45) is 0 Å². The van der Waals surface area contributed by atoms with Crippen molar-refractivity contribution in [1.82, 2.24) is 0 Å². The maximum atomic E-state index is 12.3. The summed E-state index contributed by atoms with van der Waals surface area (Å²) < 4.78 is 10.6. The minimum absolute atomic E-state index is 0.0873. The molecule has 0 aliphatic carbocycles. The largest absolute Gasteiger partial charge is 0.497 e. The summed E-state index contributed by atoms with van der Waals surface area (Å²) in [5.74, 6) is 1.40. The lowest BCUT2D eigenvalue weighted by atomic mass is 10.1. The zero-order valence-electron chi connectivity index (χ0n) is 15.0. The first-order chi connectivity index (χ1) is 11.9. The van der Waals surface area contributed by atoms with Crippen molar-refractivity contribution >= 4 is 23.2 Å². The first-order valence-corrected chi connectivity index (χ1v) is 8.39. The lowest BCUT2D eigenvalue weighted by molar-refractivity contribution is -0.885. The first kappa shape index (κ1) is 19.1. The zero-order chi connectivity index (χ0) is 18.4. The first-order valence-electron chi connectivity index (χ1n) is 8.01. The number of halogens is 1. The molecule has 0 bridgehead atoms. The Labute approximate surface area is 153 Å². The molecule has 0 fully saturated rings. The minimum atomic E-state index is -0.0873. The topological polar surface area (TPSA) is 52.0 Å². The summed E-state index contributed by atoms with van der Waals surface area (Å²) in [5.41, 5.74) is 2.70. The Hall–Kier alpha value is -2.24. The van der Waals surface area contributed by atoms with Crippen LogP contribution in [-0.4, -0.2) is 33.7 Å². The van der Waals surface area contributed by atoms with Gasteiger partial charge in [0.05, 0.1) is 32.0 Å². The molecule has 25 heavy (non-hydrogen) atoms. The molecule has 0 aliphatic heterocycles. The Morgan fingerprint density at radius 2 is 1.92 bits per heavy atom. The molecule has 134 valence electrons. The van der Waals surface area contributed by atoms with Crippen LogP contribution in [0.4, 0.5) is 5.69 Å². The Balaban J connectivity index is 1.97. The van der Waals surface area contributed by atoms with Gasteiger partial charge in [-0.05, 0) is 36.8 Å². The number of nitrogens with one attached hydrogen (secondary N) is 2. The second-order valence-corrected chi connectivity index (χ2v) is 6.43. The van der Waals surface area contributed by atoms with E-state index >= 15 is 0 Å². The predicted octanol–water partition coefficient (Wildman–Crippen LogP) is 2.32. The summed E-state index contributed by atoms with van der Waals surface area (Å²) in [6.07, 6.45) is 0. The number of hydrogen-bond acceptors (Lipinski definition) is 3. The van der Waals surface area contributed by atoms with E-state index in [1.54, 1.807) is 14.2 Å². The number of aryl methyl sites for hydroxylation is 1. The van der Waals surface area contributed by atoms with Crippen molar-refractivity contribution < 1.29 is 19.2 Å². The van der Waals surface area contributed by atoms with E-state index in [4.69, 9.17) is 21.1 Å². The molecule has 2 aromatic rings. The van der Waals surface area contributed by atoms with Gasteiger partial charge in [0, 0.05) is 11.6 Å². The number of hydrogen-bond donors (Lipinski definition) is 2. The second-order valence-electron chi connectivity index (χ2n) is 6.02. The summed E-state index contributed by atoms with van der Waals surface area (Å²) in [5, 5.41) is 3.40. The van der Waals surface area contributed by atoms with Crippen molar-refractivity contribution in [1.29, 1.82) is 0 Å². The molecule has 6 heteroatoms. The number of carbonyl (C=O) groups excluding carboxylic acids is 1. The lowest BCUT2D eigenvalue weighted by Gasteiger charge is -2.16. The monoisotopic (exact) mass is 363 g/mol. The molecular formula is C19H24ClN2O3+. The Bertz CT molecular complexity index is 749. The predicted molar refractivity (Wildman–Crippen MR) is 99.8 cm³/mol. The van der Waals surface area contributed by atoms with Crippen LogP contribution in [0.15, 0.2) is 36.4 Å². The highest BCUT2D eigenvalue weighted by Gasteiger charge is 2.15. The van der Waals surface area contributed by atoms with E-state index in [1.165, 1.54) is 0 Å². The van der Waals surface area contributed by atoms with Gasteiger partial charge in [-0.2, -0.15) is 0 Å². The SMILES string of the molecule is COc1ccc(C[NH+](C)CC(=O)Nc2ccc(C)cc2Cl)c(OC)c1. The molecule has 0 aromatic heterocycles. The van der Waals surface area contributed by atoms with Crippen LogP contribution < -0.4 is 19.7 Å². The molecule has 1 unspecified atom stereocenters. The summed E-state index contributed by atoms with van der Waals surface area (Å²) in [4.78, 5) is 13.3. The summed E-state index contributed by atoms with van der Waals surface area (Å²) in [6, 6.07) is 11.2. The molecule has 0 spiro atoms. The van der Waals surface area contributed by atoms with Crippen LogP contribution in [-0.2, 0) is 11.3 Å². The number of benzene rings is 2. The maximum absolute atomic E-state index is 12.3. The van der Waals surface area contributed by atoms with Crippen molar-refractivity contribution in [3.63, 3.8) is 0 Å². The number of ether oxygens (including phenoxy) is 2. The normalized spacial score (nSPS) is 11.7. The zero-order valence-corrected chi connectivity index (χ0v) is 15.7. The van der Waals surface area contributed by atoms with E-state index in [0.29, 0.717) is 23.8 Å². The fourth-order valence-corrected chi connectivity index (χ4v) is 2.86. The molecule has 5 nitrogen and oxygen atoms in total. The number of methoxy groups -OCH3 is 2. The molecule has 0 aliphatic rings. The maximum Gasteiger partial charge on any atom is 0.279 e. The average Bonchev–Trinajstić information content (AvgIpc) is 2.57. The Morgan fingerprint density at radius 3 is 2.56 bits per heavy atom. The summed E-state index contributed by atoms with van der Waals surface area (Å²) in [7, 11) is 5.20. The summed E-state index contributed by atoms with van der Waals surface area (Å²) >= 11 is 6.16. The van der Waals surface area contributed by atoms with E-state index in [-0.39, 0.29) is 5.91 Å². The number of amides is 1. The molecule has 0 heterocycles. The molecule has 2 aromatic carbocycles. The fourth-order valence-electron chi connectivity index (χ4n) is 2.58. The molecule has 2 N–H and O–H groups in total. The van der Waals surface area contributed by atoms with Crippen molar-refractivity contribution in [2.75, 3.05) is 33.1 Å².